The number of anilines is 1. The van der Waals surface area contributed by atoms with Crippen LogP contribution in [-0.2, 0) is 6.42 Å². The van der Waals surface area contributed by atoms with Crippen LogP contribution in [-0.4, -0.2) is 21.1 Å². The molecule has 3 N–H and O–H groups in total. The lowest BCUT2D eigenvalue weighted by Crippen LogP contribution is -2.14. The number of aromatic amines is 2. The molecule has 1 aromatic heterocycles. The Balaban J connectivity index is 2.10. The zero-order valence-electron chi connectivity index (χ0n) is 9.28. The van der Waals surface area contributed by atoms with E-state index in [0.717, 1.165) is 6.42 Å². The summed E-state index contributed by atoms with van der Waals surface area (Å²) in [6.07, 6.45) is 0.945. The fraction of sp³-hybridized carbons (Fsp3) is 0.182. The van der Waals surface area contributed by atoms with Crippen LogP contribution in [0.4, 0.5) is 5.69 Å². The molecule has 0 aliphatic heterocycles. The molecule has 6 nitrogen and oxygen atoms in total. The second-order valence-corrected chi connectivity index (χ2v) is 3.53. The highest BCUT2D eigenvalue weighted by atomic mass is 16.2. The Morgan fingerprint density at radius 3 is 2.59 bits per heavy atom. The molecule has 1 aromatic carbocycles. The molecule has 0 aliphatic carbocycles. The zero-order chi connectivity index (χ0) is 12.3. The fourth-order valence-corrected chi connectivity index (χ4v) is 1.39. The van der Waals surface area contributed by atoms with Crippen molar-refractivity contribution in [3.8, 4) is 0 Å². The Kier molecular flexibility index (Phi) is 3.04. The normalized spacial score (nSPS) is 10.2. The van der Waals surface area contributed by atoms with Gasteiger partial charge in [-0.25, -0.2) is 9.89 Å². The van der Waals surface area contributed by atoms with Crippen LogP contribution in [0.2, 0.25) is 0 Å². The third kappa shape index (κ3) is 2.60. The quantitative estimate of drug-likeness (QED) is 0.734. The molecule has 0 atom stereocenters. The van der Waals surface area contributed by atoms with Crippen molar-refractivity contribution in [2.24, 2.45) is 0 Å². The van der Waals surface area contributed by atoms with E-state index < -0.39 is 11.6 Å². The van der Waals surface area contributed by atoms with Gasteiger partial charge < -0.3 is 5.32 Å². The SMILES string of the molecule is CCc1ccc(NC(=O)c2n[nH]c(=O)[nH]2)cc1. The number of aromatic nitrogens is 3. The van der Waals surface area contributed by atoms with E-state index in [-0.39, 0.29) is 5.82 Å². The number of H-pyrrole nitrogens is 2. The number of hydrogen-bond donors (Lipinski definition) is 3. The summed E-state index contributed by atoms with van der Waals surface area (Å²) in [5.74, 6) is -0.484. The summed E-state index contributed by atoms with van der Waals surface area (Å²) in [4.78, 5) is 24.7. The number of aryl methyl sites for hydroxylation is 1. The number of rotatable bonds is 3. The molecule has 0 fully saturated rings. The van der Waals surface area contributed by atoms with Crippen LogP contribution in [0.5, 0.6) is 0 Å². The molecule has 2 rings (SSSR count). The summed E-state index contributed by atoms with van der Waals surface area (Å²) < 4.78 is 0. The van der Waals surface area contributed by atoms with Crippen LogP contribution in [0, 0.1) is 0 Å². The van der Waals surface area contributed by atoms with Gasteiger partial charge in [-0.05, 0) is 24.1 Å². The Bertz CT molecular complexity index is 568. The van der Waals surface area contributed by atoms with Crippen LogP contribution in [0.25, 0.3) is 0 Å². The average Bonchev–Trinajstić information content (AvgIpc) is 2.77. The summed E-state index contributed by atoms with van der Waals surface area (Å²) in [5, 5.41) is 8.30. The number of carbonyl (C=O) groups is 1. The molecule has 0 bridgehead atoms. The van der Waals surface area contributed by atoms with Gasteiger partial charge in [0.15, 0.2) is 0 Å². The first-order chi connectivity index (χ1) is 8.19. The maximum atomic E-state index is 11.6. The number of hydrogen-bond acceptors (Lipinski definition) is 3. The minimum Gasteiger partial charge on any atom is -0.319 e. The highest BCUT2D eigenvalue weighted by Gasteiger charge is 2.09. The highest BCUT2D eigenvalue weighted by molar-refractivity contribution is 6.01. The van der Waals surface area contributed by atoms with Crippen LogP contribution in [0.15, 0.2) is 29.1 Å². The average molecular weight is 232 g/mol. The Labute approximate surface area is 97.1 Å². The largest absolute Gasteiger partial charge is 0.341 e. The third-order valence-electron chi connectivity index (χ3n) is 2.34. The van der Waals surface area contributed by atoms with Gasteiger partial charge in [-0.2, -0.15) is 0 Å². The number of amides is 1. The predicted octanol–water partition coefficient (Wildman–Crippen LogP) is 0.913. The summed E-state index contributed by atoms with van der Waals surface area (Å²) >= 11 is 0. The molecule has 1 heterocycles. The predicted molar refractivity (Wildman–Crippen MR) is 63.0 cm³/mol. The van der Waals surface area contributed by atoms with Crippen molar-refractivity contribution < 1.29 is 4.79 Å². The van der Waals surface area contributed by atoms with Crippen molar-refractivity contribution in [2.45, 2.75) is 13.3 Å². The van der Waals surface area contributed by atoms with Gasteiger partial charge in [0, 0.05) is 5.69 Å². The number of carbonyl (C=O) groups excluding carboxylic acids is 1. The summed E-state index contributed by atoms with van der Waals surface area (Å²) in [7, 11) is 0. The van der Waals surface area contributed by atoms with Crippen molar-refractivity contribution >= 4 is 11.6 Å². The molecule has 0 unspecified atom stereocenters. The minimum atomic E-state index is -0.503. The zero-order valence-corrected chi connectivity index (χ0v) is 9.28. The molecule has 0 aliphatic rings. The molecule has 88 valence electrons. The van der Waals surface area contributed by atoms with Gasteiger partial charge in [-0.3, -0.25) is 9.78 Å². The fourth-order valence-electron chi connectivity index (χ4n) is 1.39. The van der Waals surface area contributed by atoms with Crippen LogP contribution < -0.4 is 11.0 Å². The molecule has 17 heavy (non-hydrogen) atoms. The summed E-state index contributed by atoms with van der Waals surface area (Å²) in [6.45, 7) is 2.06. The number of benzene rings is 1. The van der Waals surface area contributed by atoms with Gasteiger partial charge in [0.1, 0.15) is 0 Å². The maximum Gasteiger partial charge on any atom is 0.341 e. The topological polar surface area (TPSA) is 90.6 Å². The van der Waals surface area contributed by atoms with Crippen molar-refractivity contribution in [1.82, 2.24) is 15.2 Å². The molecule has 2 aromatic rings. The molecule has 0 saturated carbocycles. The van der Waals surface area contributed by atoms with Gasteiger partial charge in [0.25, 0.3) is 5.91 Å². The van der Waals surface area contributed by atoms with Gasteiger partial charge in [-0.15, -0.1) is 5.10 Å². The molecule has 0 saturated heterocycles. The van der Waals surface area contributed by atoms with E-state index in [2.05, 4.69) is 27.4 Å². The number of nitrogens with one attached hydrogen (secondary N) is 3. The molecule has 0 spiro atoms. The first kappa shape index (κ1) is 11.1. The van der Waals surface area contributed by atoms with Crippen LogP contribution in [0.3, 0.4) is 0 Å². The highest BCUT2D eigenvalue weighted by Crippen LogP contribution is 2.10. The van der Waals surface area contributed by atoms with Gasteiger partial charge >= 0.3 is 5.69 Å². The Morgan fingerprint density at radius 2 is 2.06 bits per heavy atom. The lowest BCUT2D eigenvalue weighted by atomic mass is 10.1. The maximum absolute atomic E-state index is 11.6. The molecule has 1 amide bonds. The van der Waals surface area contributed by atoms with E-state index in [1.165, 1.54) is 5.56 Å². The summed E-state index contributed by atoms with van der Waals surface area (Å²) in [5.41, 5.74) is 1.35. The Morgan fingerprint density at radius 1 is 1.35 bits per heavy atom. The third-order valence-corrected chi connectivity index (χ3v) is 2.34. The van der Waals surface area contributed by atoms with Crippen molar-refractivity contribution in [3.63, 3.8) is 0 Å². The standard InChI is InChI=1S/C11H12N4O2/c1-2-7-3-5-8(6-4-7)12-10(16)9-13-11(17)15-14-9/h3-6H,2H2,1H3,(H,12,16)(H2,13,14,15,17). The monoisotopic (exact) mass is 232 g/mol. The van der Waals surface area contributed by atoms with Crippen molar-refractivity contribution in [1.29, 1.82) is 0 Å². The molecular formula is C11H12N4O2. The lowest BCUT2D eigenvalue weighted by Gasteiger charge is -2.03. The van der Waals surface area contributed by atoms with Gasteiger partial charge in [0.05, 0.1) is 0 Å². The van der Waals surface area contributed by atoms with E-state index in [1.54, 1.807) is 0 Å². The number of nitrogens with zero attached hydrogens (tertiary/aromatic N) is 1. The van der Waals surface area contributed by atoms with E-state index in [9.17, 15) is 9.59 Å². The van der Waals surface area contributed by atoms with Crippen LogP contribution >= 0.6 is 0 Å². The van der Waals surface area contributed by atoms with E-state index in [4.69, 9.17) is 0 Å². The molecule has 0 radical (unpaired) electrons. The van der Waals surface area contributed by atoms with E-state index in [0.29, 0.717) is 5.69 Å². The van der Waals surface area contributed by atoms with Gasteiger partial charge in [-0.1, -0.05) is 19.1 Å². The summed E-state index contributed by atoms with van der Waals surface area (Å²) in [6, 6.07) is 7.48. The van der Waals surface area contributed by atoms with E-state index in [1.807, 2.05) is 24.3 Å². The van der Waals surface area contributed by atoms with E-state index >= 15 is 0 Å². The van der Waals surface area contributed by atoms with Crippen molar-refractivity contribution in [2.75, 3.05) is 5.32 Å². The van der Waals surface area contributed by atoms with Gasteiger partial charge in [0.2, 0.25) is 5.82 Å². The smallest absolute Gasteiger partial charge is 0.319 e. The minimum absolute atomic E-state index is 0.0328. The molecular weight excluding hydrogens is 220 g/mol. The lowest BCUT2D eigenvalue weighted by molar-refractivity contribution is 0.101. The second-order valence-electron chi connectivity index (χ2n) is 3.53. The first-order valence-corrected chi connectivity index (χ1v) is 5.24. The first-order valence-electron chi connectivity index (χ1n) is 5.24. The van der Waals surface area contributed by atoms with Crippen LogP contribution in [0.1, 0.15) is 23.1 Å². The Hall–Kier alpha value is -2.37. The van der Waals surface area contributed by atoms with Crippen molar-refractivity contribution in [3.05, 3.63) is 46.1 Å². The molecule has 6 heteroatoms. The second kappa shape index (κ2) is 4.65.